The third kappa shape index (κ3) is 3.32. The first-order valence-electron chi connectivity index (χ1n) is 8.42. The van der Waals surface area contributed by atoms with Crippen LogP contribution in [0.4, 0.5) is 5.13 Å². The molecule has 0 atom stereocenters. The lowest BCUT2D eigenvalue weighted by Crippen LogP contribution is -2.16. The van der Waals surface area contributed by atoms with E-state index in [-0.39, 0.29) is 11.8 Å². The molecule has 4 rings (SSSR count). The Balaban J connectivity index is 1.64. The Labute approximate surface area is 149 Å². The Bertz CT molecular complexity index is 895. The number of rotatable bonds is 5. The van der Waals surface area contributed by atoms with Gasteiger partial charge < -0.3 is 0 Å². The van der Waals surface area contributed by atoms with Gasteiger partial charge in [-0.2, -0.15) is 5.10 Å². The normalized spacial score (nSPS) is 14.0. The topological polar surface area (TPSA) is 72.7 Å². The lowest BCUT2D eigenvalue weighted by atomic mass is 10.1. The molecular weight excluding hydrogens is 334 g/mol. The lowest BCUT2D eigenvalue weighted by molar-refractivity contribution is 0.101. The summed E-state index contributed by atoms with van der Waals surface area (Å²) in [6.45, 7) is 4.12. The number of nitrogens with zero attached hydrogens (tertiary/aromatic N) is 4. The van der Waals surface area contributed by atoms with Gasteiger partial charge in [0.15, 0.2) is 0 Å². The zero-order valence-corrected chi connectivity index (χ0v) is 15.0. The van der Waals surface area contributed by atoms with E-state index in [0.717, 1.165) is 16.4 Å². The van der Waals surface area contributed by atoms with E-state index < -0.39 is 0 Å². The van der Waals surface area contributed by atoms with Crippen molar-refractivity contribution in [2.24, 2.45) is 0 Å². The number of nitrogens with one attached hydrogen (secondary N) is 1. The summed E-state index contributed by atoms with van der Waals surface area (Å²) in [5, 5.41) is 17.3. The van der Waals surface area contributed by atoms with Gasteiger partial charge in [0.05, 0.1) is 11.4 Å². The van der Waals surface area contributed by atoms with Gasteiger partial charge in [-0.25, -0.2) is 4.68 Å². The number of carbonyl (C=O) groups excluding carboxylic acids is 1. The summed E-state index contributed by atoms with van der Waals surface area (Å²) in [4.78, 5) is 12.8. The molecule has 1 N–H and O–H groups in total. The largest absolute Gasteiger partial charge is 0.295 e. The molecule has 1 saturated carbocycles. The van der Waals surface area contributed by atoms with Crippen LogP contribution in [0.25, 0.3) is 5.69 Å². The van der Waals surface area contributed by atoms with Gasteiger partial charge in [-0.3, -0.25) is 10.1 Å². The number of carbonyl (C=O) groups is 1. The highest BCUT2D eigenvalue weighted by atomic mass is 32.1. The van der Waals surface area contributed by atoms with Crippen LogP contribution in [0.15, 0.2) is 36.4 Å². The fourth-order valence-corrected chi connectivity index (χ4v) is 3.46. The fraction of sp³-hybridized carbons (Fsp3) is 0.333. The van der Waals surface area contributed by atoms with Crippen molar-refractivity contribution >= 4 is 22.4 Å². The second-order valence-electron chi connectivity index (χ2n) is 6.53. The van der Waals surface area contributed by atoms with Crippen molar-refractivity contribution in [2.45, 2.75) is 38.5 Å². The molecule has 1 fully saturated rings. The molecule has 1 aliphatic rings. The quantitative estimate of drug-likeness (QED) is 0.753. The molecule has 3 aromatic rings. The first-order chi connectivity index (χ1) is 12.1. The molecule has 1 amide bonds. The van der Waals surface area contributed by atoms with Gasteiger partial charge in [-0.1, -0.05) is 43.4 Å². The molecule has 0 bridgehead atoms. The predicted octanol–water partition coefficient (Wildman–Crippen LogP) is 3.98. The molecule has 0 saturated heterocycles. The van der Waals surface area contributed by atoms with Gasteiger partial charge >= 0.3 is 0 Å². The summed E-state index contributed by atoms with van der Waals surface area (Å²) in [6, 6.07) is 11.5. The molecule has 0 spiro atoms. The molecule has 1 aromatic carbocycles. The summed E-state index contributed by atoms with van der Waals surface area (Å²) in [7, 11) is 0. The molecule has 25 heavy (non-hydrogen) atoms. The second kappa shape index (κ2) is 6.40. The zero-order chi connectivity index (χ0) is 17.4. The maximum absolute atomic E-state index is 12.8. The smallest absolute Gasteiger partial charge is 0.276 e. The Hall–Kier alpha value is -2.54. The summed E-state index contributed by atoms with van der Waals surface area (Å²) in [6.07, 6.45) is 2.34. The van der Waals surface area contributed by atoms with Crippen LogP contribution >= 0.6 is 11.3 Å². The van der Waals surface area contributed by atoms with Crippen molar-refractivity contribution in [3.8, 4) is 5.69 Å². The van der Waals surface area contributed by atoms with Crippen LogP contribution < -0.4 is 5.32 Å². The molecule has 0 radical (unpaired) electrons. The minimum atomic E-state index is -0.221. The number of amides is 1. The fourth-order valence-electron chi connectivity index (χ4n) is 2.55. The second-order valence-corrected chi connectivity index (χ2v) is 7.54. The number of aromatic nitrogens is 4. The van der Waals surface area contributed by atoms with E-state index in [1.54, 1.807) is 4.68 Å². The Kier molecular flexibility index (Phi) is 4.09. The van der Waals surface area contributed by atoms with Crippen LogP contribution in [0.1, 0.15) is 59.7 Å². The Morgan fingerprint density at radius 1 is 1.24 bits per heavy atom. The van der Waals surface area contributed by atoms with Gasteiger partial charge in [0, 0.05) is 5.92 Å². The molecule has 6 nitrogen and oxygen atoms in total. The van der Waals surface area contributed by atoms with Gasteiger partial charge in [0.2, 0.25) is 5.13 Å². The van der Waals surface area contributed by atoms with E-state index in [1.165, 1.54) is 24.2 Å². The van der Waals surface area contributed by atoms with E-state index in [0.29, 0.717) is 16.7 Å². The van der Waals surface area contributed by atoms with E-state index in [1.807, 2.05) is 36.4 Å². The van der Waals surface area contributed by atoms with E-state index >= 15 is 0 Å². The molecule has 1 aliphatic carbocycles. The van der Waals surface area contributed by atoms with E-state index in [2.05, 4.69) is 34.5 Å². The van der Waals surface area contributed by atoms with E-state index in [4.69, 9.17) is 0 Å². The van der Waals surface area contributed by atoms with Gasteiger partial charge in [-0.05, 0) is 37.0 Å². The standard InChI is InChI=1S/C18H19N5OS/c1-11(2)14-10-15(23(22-14)13-6-4-3-5-7-13)16(24)19-18-21-20-17(25-18)12-8-9-12/h3-7,10-12H,8-9H2,1-2H3,(H,19,21,24). The summed E-state index contributed by atoms with van der Waals surface area (Å²) >= 11 is 1.46. The molecule has 128 valence electrons. The van der Waals surface area contributed by atoms with Crippen LogP contribution in [-0.4, -0.2) is 25.9 Å². The molecule has 0 unspecified atom stereocenters. The van der Waals surface area contributed by atoms with Crippen molar-refractivity contribution in [3.05, 3.63) is 52.8 Å². The monoisotopic (exact) mass is 353 g/mol. The lowest BCUT2D eigenvalue weighted by Gasteiger charge is -2.06. The van der Waals surface area contributed by atoms with Crippen molar-refractivity contribution < 1.29 is 4.79 Å². The summed E-state index contributed by atoms with van der Waals surface area (Å²) in [5.74, 6) is 0.548. The Morgan fingerprint density at radius 2 is 2.00 bits per heavy atom. The third-order valence-electron chi connectivity index (χ3n) is 4.14. The van der Waals surface area contributed by atoms with Gasteiger partial charge in [0.1, 0.15) is 10.7 Å². The minimum absolute atomic E-state index is 0.221. The van der Waals surface area contributed by atoms with Crippen LogP contribution in [0.2, 0.25) is 0 Å². The molecule has 0 aliphatic heterocycles. The number of hydrogen-bond acceptors (Lipinski definition) is 5. The number of hydrogen-bond donors (Lipinski definition) is 1. The highest BCUT2D eigenvalue weighted by Crippen LogP contribution is 2.42. The maximum Gasteiger partial charge on any atom is 0.276 e. The zero-order valence-electron chi connectivity index (χ0n) is 14.1. The highest BCUT2D eigenvalue weighted by molar-refractivity contribution is 7.15. The highest BCUT2D eigenvalue weighted by Gasteiger charge is 2.28. The van der Waals surface area contributed by atoms with Gasteiger partial charge in [-0.15, -0.1) is 10.2 Å². The average molecular weight is 353 g/mol. The van der Waals surface area contributed by atoms with Crippen molar-refractivity contribution in [2.75, 3.05) is 5.32 Å². The van der Waals surface area contributed by atoms with Crippen LogP contribution in [0.5, 0.6) is 0 Å². The number of benzene rings is 1. The third-order valence-corrected chi connectivity index (χ3v) is 5.14. The van der Waals surface area contributed by atoms with Crippen molar-refractivity contribution in [1.82, 2.24) is 20.0 Å². The summed E-state index contributed by atoms with van der Waals surface area (Å²) < 4.78 is 1.69. The average Bonchev–Trinajstić information content (AvgIpc) is 3.19. The van der Waals surface area contributed by atoms with Crippen LogP contribution in [0, 0.1) is 0 Å². The first-order valence-corrected chi connectivity index (χ1v) is 9.23. The Morgan fingerprint density at radius 3 is 2.68 bits per heavy atom. The predicted molar refractivity (Wildman–Crippen MR) is 97.5 cm³/mol. The van der Waals surface area contributed by atoms with Crippen molar-refractivity contribution in [3.63, 3.8) is 0 Å². The van der Waals surface area contributed by atoms with Crippen LogP contribution in [0.3, 0.4) is 0 Å². The number of anilines is 1. The molecule has 2 heterocycles. The molecule has 7 heteroatoms. The van der Waals surface area contributed by atoms with E-state index in [9.17, 15) is 4.79 Å². The van der Waals surface area contributed by atoms with Crippen LogP contribution in [-0.2, 0) is 0 Å². The van der Waals surface area contributed by atoms with Gasteiger partial charge in [0.25, 0.3) is 5.91 Å². The number of para-hydroxylation sites is 1. The molecular formula is C18H19N5OS. The SMILES string of the molecule is CC(C)c1cc(C(=O)Nc2nnc(C3CC3)s2)n(-c2ccccc2)n1. The van der Waals surface area contributed by atoms with Crippen molar-refractivity contribution in [1.29, 1.82) is 0 Å². The minimum Gasteiger partial charge on any atom is -0.295 e. The summed E-state index contributed by atoms with van der Waals surface area (Å²) in [5.41, 5.74) is 2.23. The maximum atomic E-state index is 12.8. The molecule has 2 aromatic heterocycles. The first kappa shape index (κ1) is 16.0.